The summed E-state index contributed by atoms with van der Waals surface area (Å²) in [6.45, 7) is 0. The topological polar surface area (TPSA) is 124 Å². The lowest BCUT2D eigenvalue weighted by molar-refractivity contribution is 0.186. The molecule has 0 aliphatic rings. The number of aromatic nitrogens is 5. The van der Waals surface area contributed by atoms with Crippen molar-refractivity contribution < 1.29 is 14.3 Å². The predicted octanol–water partition coefficient (Wildman–Crippen LogP) is 2.79. The van der Waals surface area contributed by atoms with Crippen molar-refractivity contribution in [3.05, 3.63) is 34.8 Å². The predicted molar refractivity (Wildman–Crippen MR) is 90.0 cm³/mol. The van der Waals surface area contributed by atoms with E-state index in [1.165, 1.54) is 7.11 Å². The van der Waals surface area contributed by atoms with Crippen molar-refractivity contribution in [3.8, 4) is 0 Å². The van der Waals surface area contributed by atoms with Crippen molar-refractivity contribution in [2.75, 3.05) is 17.7 Å². The van der Waals surface area contributed by atoms with E-state index in [2.05, 4.69) is 35.3 Å². The molecule has 25 heavy (non-hydrogen) atoms. The maximum Gasteiger partial charge on any atom is 0.413 e. The van der Waals surface area contributed by atoms with E-state index in [1.54, 1.807) is 24.3 Å². The quantitative estimate of drug-likeness (QED) is 0.698. The molecule has 12 heteroatoms. The number of anilines is 2. The van der Waals surface area contributed by atoms with E-state index < -0.39 is 12.1 Å². The second-order valence-corrected chi connectivity index (χ2v) is 5.18. The Morgan fingerprint density at radius 2 is 1.72 bits per heavy atom. The van der Waals surface area contributed by atoms with E-state index in [-0.39, 0.29) is 22.5 Å². The molecule has 0 aliphatic carbocycles. The maximum atomic E-state index is 12.6. The minimum absolute atomic E-state index is 0.0446. The molecule has 2 aromatic heterocycles. The molecule has 0 unspecified atom stereocenters. The monoisotopic (exact) mass is 381 g/mol. The van der Waals surface area contributed by atoms with Gasteiger partial charge in [0.05, 0.1) is 18.1 Å². The zero-order valence-electron chi connectivity index (χ0n) is 12.5. The summed E-state index contributed by atoms with van der Waals surface area (Å²) >= 11 is 11.4. The number of nitrogens with zero attached hydrogens (tertiary/aromatic N) is 5. The van der Waals surface area contributed by atoms with Crippen LogP contribution >= 0.6 is 23.2 Å². The van der Waals surface area contributed by atoms with Gasteiger partial charge >= 0.3 is 12.1 Å². The first-order valence-electron chi connectivity index (χ1n) is 6.69. The number of hydrogen-bond acceptors (Lipinski definition) is 7. The molecule has 0 saturated heterocycles. The molecular weight excluding hydrogens is 373 g/mol. The maximum absolute atomic E-state index is 12.6. The fourth-order valence-electron chi connectivity index (χ4n) is 1.99. The summed E-state index contributed by atoms with van der Waals surface area (Å²) in [6, 6.07) is 6.09. The second-order valence-electron chi connectivity index (χ2n) is 4.50. The van der Waals surface area contributed by atoms with Crippen LogP contribution in [0, 0.1) is 0 Å². The molecule has 3 aromatic rings. The van der Waals surface area contributed by atoms with Gasteiger partial charge in [0.1, 0.15) is 0 Å². The average molecular weight is 382 g/mol. The number of halogens is 2. The molecule has 2 N–H and O–H groups in total. The molecule has 0 saturated carbocycles. The minimum atomic E-state index is -0.782. The molecule has 2 heterocycles. The van der Waals surface area contributed by atoms with E-state index in [9.17, 15) is 9.59 Å². The lowest BCUT2D eigenvalue weighted by Crippen LogP contribution is -2.24. The van der Waals surface area contributed by atoms with E-state index in [0.29, 0.717) is 11.0 Å². The van der Waals surface area contributed by atoms with Crippen LogP contribution in [0.3, 0.4) is 0 Å². The summed E-state index contributed by atoms with van der Waals surface area (Å²) < 4.78 is 5.65. The number of carbonyl (C=O) groups excluding carboxylic acids is 2. The number of nitrogens with one attached hydrogen (secondary N) is 2. The molecule has 0 aliphatic heterocycles. The van der Waals surface area contributed by atoms with Crippen molar-refractivity contribution in [3.63, 3.8) is 0 Å². The smallest absolute Gasteiger partial charge is 0.413 e. The number of carbonyl (C=O) groups is 2. The molecule has 2 amide bonds. The first-order chi connectivity index (χ1) is 12.0. The first kappa shape index (κ1) is 16.9. The van der Waals surface area contributed by atoms with Gasteiger partial charge in [0.2, 0.25) is 22.5 Å². The highest BCUT2D eigenvalue weighted by molar-refractivity contribution is 6.31. The summed E-state index contributed by atoms with van der Waals surface area (Å²) in [4.78, 5) is 39.4. The van der Waals surface area contributed by atoms with Crippen molar-refractivity contribution in [2.24, 2.45) is 0 Å². The molecule has 0 spiro atoms. The Hall–Kier alpha value is -2.98. The fourth-order valence-corrected chi connectivity index (χ4v) is 2.35. The number of benzene rings is 1. The summed E-state index contributed by atoms with van der Waals surface area (Å²) in [5, 5.41) is 4.41. The van der Waals surface area contributed by atoms with Gasteiger partial charge in [0, 0.05) is 0 Å². The number of hydrogen-bond donors (Lipinski definition) is 2. The van der Waals surface area contributed by atoms with Crippen molar-refractivity contribution >= 4 is 58.3 Å². The largest absolute Gasteiger partial charge is 0.453 e. The Bertz CT molecular complexity index is 955. The van der Waals surface area contributed by atoms with Gasteiger partial charge in [0.15, 0.2) is 0 Å². The highest BCUT2D eigenvalue weighted by Gasteiger charge is 2.20. The third-order valence-electron chi connectivity index (χ3n) is 2.96. The Kier molecular flexibility index (Phi) is 4.63. The Morgan fingerprint density at radius 3 is 2.40 bits per heavy atom. The van der Waals surface area contributed by atoms with Crippen molar-refractivity contribution in [1.82, 2.24) is 24.5 Å². The Morgan fingerprint density at radius 1 is 1.04 bits per heavy atom. The lowest BCUT2D eigenvalue weighted by Gasteiger charge is -2.09. The number of imidazole rings is 1. The lowest BCUT2D eigenvalue weighted by atomic mass is 10.3. The highest BCUT2D eigenvalue weighted by Crippen LogP contribution is 2.20. The molecule has 1 aromatic carbocycles. The molecule has 10 nitrogen and oxygen atoms in total. The second kappa shape index (κ2) is 6.87. The van der Waals surface area contributed by atoms with Gasteiger partial charge in [-0.25, -0.2) is 19.1 Å². The SMILES string of the molecule is COC(=O)Nc1nc2ccccc2n1C(=O)Nc1nc(Cl)nc(Cl)n1. The van der Waals surface area contributed by atoms with Crippen molar-refractivity contribution in [2.45, 2.75) is 0 Å². The fraction of sp³-hybridized carbons (Fsp3) is 0.0769. The van der Waals surface area contributed by atoms with E-state index >= 15 is 0 Å². The Balaban J connectivity index is 2.01. The van der Waals surface area contributed by atoms with Crippen molar-refractivity contribution in [1.29, 1.82) is 0 Å². The summed E-state index contributed by atoms with van der Waals surface area (Å²) in [7, 11) is 1.19. The van der Waals surface area contributed by atoms with Gasteiger partial charge in [-0.2, -0.15) is 15.0 Å². The van der Waals surface area contributed by atoms with Crippen LogP contribution in [-0.2, 0) is 4.74 Å². The zero-order chi connectivity index (χ0) is 18.0. The summed E-state index contributed by atoms with van der Waals surface area (Å²) in [6.07, 6.45) is -0.782. The molecule has 3 rings (SSSR count). The standard InChI is InChI=1S/C13H9Cl2N7O3/c1-25-13(24)21-11-16-6-4-2-3-5-7(6)22(11)12(23)20-10-18-8(14)17-9(15)19-10/h2-5H,1H3,(H,16,21,24)(H,17,18,19,20,23). The van der Waals surface area contributed by atoms with Crippen LogP contribution in [0.15, 0.2) is 24.3 Å². The third-order valence-corrected chi connectivity index (χ3v) is 3.30. The van der Waals surface area contributed by atoms with Crippen LogP contribution in [0.2, 0.25) is 10.6 Å². The molecular formula is C13H9Cl2N7O3. The normalized spacial score (nSPS) is 10.5. The van der Waals surface area contributed by atoms with Crippen LogP contribution in [-0.4, -0.2) is 43.7 Å². The number of ether oxygens (including phenoxy) is 1. The number of fused-ring (bicyclic) bond motifs is 1. The van der Waals surface area contributed by atoms with E-state index in [1.807, 2.05) is 0 Å². The van der Waals surface area contributed by atoms with Gasteiger partial charge in [-0.15, -0.1) is 0 Å². The highest BCUT2D eigenvalue weighted by atomic mass is 35.5. The summed E-state index contributed by atoms with van der Waals surface area (Å²) in [5.74, 6) is -0.200. The van der Waals surface area contributed by atoms with Crippen LogP contribution in [0.5, 0.6) is 0 Å². The average Bonchev–Trinajstić information content (AvgIpc) is 2.91. The number of para-hydroxylation sites is 2. The summed E-state index contributed by atoms with van der Waals surface area (Å²) in [5.41, 5.74) is 0.924. The van der Waals surface area contributed by atoms with E-state index in [4.69, 9.17) is 23.2 Å². The number of rotatable bonds is 2. The molecule has 0 fully saturated rings. The van der Waals surface area contributed by atoms with Gasteiger partial charge < -0.3 is 4.74 Å². The van der Waals surface area contributed by atoms with Gasteiger partial charge in [-0.1, -0.05) is 12.1 Å². The molecule has 128 valence electrons. The molecule has 0 atom stereocenters. The first-order valence-corrected chi connectivity index (χ1v) is 7.44. The van der Waals surface area contributed by atoms with E-state index in [0.717, 1.165) is 4.57 Å². The Labute approximate surface area is 150 Å². The minimum Gasteiger partial charge on any atom is -0.453 e. The zero-order valence-corrected chi connectivity index (χ0v) is 14.0. The van der Waals surface area contributed by atoms with Crippen LogP contribution in [0.25, 0.3) is 11.0 Å². The third kappa shape index (κ3) is 3.59. The van der Waals surface area contributed by atoms with Crippen LogP contribution in [0.4, 0.5) is 21.5 Å². The van der Waals surface area contributed by atoms with Crippen LogP contribution in [0.1, 0.15) is 0 Å². The molecule has 0 bridgehead atoms. The van der Waals surface area contributed by atoms with Gasteiger partial charge in [-0.3, -0.25) is 10.6 Å². The molecule has 0 radical (unpaired) electrons. The van der Waals surface area contributed by atoms with Crippen LogP contribution < -0.4 is 10.6 Å². The van der Waals surface area contributed by atoms with Gasteiger partial charge in [-0.05, 0) is 35.3 Å². The van der Waals surface area contributed by atoms with Gasteiger partial charge in [0.25, 0.3) is 0 Å². The number of methoxy groups -OCH3 is 1. The number of amides is 2.